The molecule has 16 heavy (non-hydrogen) atoms. The molecule has 1 saturated carbocycles. The Bertz CT molecular complexity index is 418. The van der Waals surface area contributed by atoms with Gasteiger partial charge in [0.2, 0.25) is 0 Å². The van der Waals surface area contributed by atoms with Gasteiger partial charge in [-0.2, -0.15) is 0 Å². The van der Waals surface area contributed by atoms with Crippen LogP contribution >= 0.6 is 0 Å². The van der Waals surface area contributed by atoms with E-state index in [1.807, 2.05) is 0 Å². The maximum Gasteiger partial charge on any atom is 0.0351 e. The van der Waals surface area contributed by atoms with Gasteiger partial charge in [0, 0.05) is 12.6 Å². The molecule has 1 heteroatoms. The number of hydrogen-bond donors (Lipinski definition) is 1. The molecule has 0 bridgehead atoms. The lowest BCUT2D eigenvalue weighted by Gasteiger charge is -2.33. The number of aryl methyl sites for hydroxylation is 2. The zero-order valence-corrected chi connectivity index (χ0v) is 10.5. The van der Waals surface area contributed by atoms with Crippen molar-refractivity contribution in [2.75, 3.05) is 6.54 Å². The van der Waals surface area contributed by atoms with Crippen molar-refractivity contribution in [3.05, 3.63) is 34.4 Å². The summed E-state index contributed by atoms with van der Waals surface area (Å²) in [6, 6.07) is 5.39. The average molecular weight is 215 g/mol. The van der Waals surface area contributed by atoms with Gasteiger partial charge >= 0.3 is 0 Å². The Kier molecular flexibility index (Phi) is 2.32. The summed E-state index contributed by atoms with van der Waals surface area (Å²) < 4.78 is 0. The molecule has 1 aliphatic carbocycles. The van der Waals surface area contributed by atoms with E-state index in [-0.39, 0.29) is 0 Å². The Balaban J connectivity index is 2.12. The van der Waals surface area contributed by atoms with Crippen LogP contribution in [0.5, 0.6) is 0 Å². The lowest BCUT2D eigenvalue weighted by Crippen LogP contribution is -2.33. The Hall–Kier alpha value is -0.820. The second-order valence-electron chi connectivity index (χ2n) is 5.71. The van der Waals surface area contributed by atoms with E-state index in [4.69, 9.17) is 0 Å². The third-order valence-electron chi connectivity index (χ3n) is 4.13. The maximum atomic E-state index is 3.74. The molecule has 2 aliphatic rings. The van der Waals surface area contributed by atoms with Crippen molar-refractivity contribution in [2.24, 2.45) is 5.92 Å². The molecule has 1 aromatic carbocycles. The molecule has 1 heterocycles. The highest BCUT2D eigenvalue weighted by Crippen LogP contribution is 2.45. The van der Waals surface area contributed by atoms with Gasteiger partial charge in [0.05, 0.1) is 0 Å². The minimum atomic E-state index is 0.643. The molecule has 0 aromatic heterocycles. The van der Waals surface area contributed by atoms with Gasteiger partial charge in [0.15, 0.2) is 0 Å². The van der Waals surface area contributed by atoms with E-state index in [9.17, 15) is 0 Å². The summed E-state index contributed by atoms with van der Waals surface area (Å²) in [7, 11) is 0. The zero-order valence-electron chi connectivity index (χ0n) is 10.5. The molecular formula is C15H21N. The molecule has 1 aliphatic heterocycles. The van der Waals surface area contributed by atoms with E-state index in [2.05, 4.69) is 38.2 Å². The number of hydrogen-bond acceptors (Lipinski definition) is 1. The first-order chi connectivity index (χ1) is 7.66. The van der Waals surface area contributed by atoms with E-state index in [0.29, 0.717) is 12.0 Å². The first-order valence-electron chi connectivity index (χ1n) is 6.51. The molecule has 0 spiro atoms. The van der Waals surface area contributed by atoms with Gasteiger partial charge in [0.1, 0.15) is 0 Å². The topological polar surface area (TPSA) is 12.0 Å². The van der Waals surface area contributed by atoms with Gasteiger partial charge in [-0.3, -0.25) is 0 Å². The molecule has 0 saturated heterocycles. The van der Waals surface area contributed by atoms with Crippen molar-refractivity contribution in [1.29, 1.82) is 0 Å². The lowest BCUT2D eigenvalue weighted by atomic mass is 9.82. The van der Waals surface area contributed by atoms with Crippen molar-refractivity contribution in [2.45, 2.75) is 45.6 Å². The second kappa shape index (κ2) is 3.59. The predicted molar refractivity (Wildman–Crippen MR) is 67.8 cm³/mol. The van der Waals surface area contributed by atoms with Crippen LogP contribution in [0.4, 0.5) is 0 Å². The third kappa shape index (κ3) is 1.58. The standard InChI is InChI=1S/C15H21N/c1-9-6-10(2)14-11(3)8-16-15(12-4-5-12)13(14)7-9/h6-7,11-12,15-16H,4-5,8H2,1-3H3. The molecule has 0 radical (unpaired) electrons. The van der Waals surface area contributed by atoms with E-state index >= 15 is 0 Å². The van der Waals surface area contributed by atoms with Gasteiger partial charge < -0.3 is 5.32 Å². The predicted octanol–water partition coefficient (Wildman–Crippen LogP) is 3.46. The molecular weight excluding hydrogens is 194 g/mol. The van der Waals surface area contributed by atoms with Crippen molar-refractivity contribution in [3.8, 4) is 0 Å². The Morgan fingerprint density at radius 3 is 2.62 bits per heavy atom. The van der Waals surface area contributed by atoms with E-state index in [0.717, 1.165) is 12.5 Å². The highest BCUT2D eigenvalue weighted by molar-refractivity contribution is 5.44. The monoisotopic (exact) mass is 215 g/mol. The molecule has 3 rings (SSSR count). The highest BCUT2D eigenvalue weighted by Gasteiger charge is 2.36. The number of benzene rings is 1. The van der Waals surface area contributed by atoms with Crippen LogP contribution in [0.2, 0.25) is 0 Å². The van der Waals surface area contributed by atoms with Crippen LogP contribution in [0.15, 0.2) is 12.1 Å². The summed E-state index contributed by atoms with van der Waals surface area (Å²) in [6.07, 6.45) is 2.83. The largest absolute Gasteiger partial charge is 0.309 e. The minimum absolute atomic E-state index is 0.643. The highest BCUT2D eigenvalue weighted by atomic mass is 14.9. The fourth-order valence-corrected chi connectivity index (χ4v) is 3.31. The molecule has 1 nitrogen and oxygen atoms in total. The second-order valence-corrected chi connectivity index (χ2v) is 5.71. The quantitative estimate of drug-likeness (QED) is 0.756. The summed E-state index contributed by atoms with van der Waals surface area (Å²) in [5, 5.41) is 3.74. The van der Waals surface area contributed by atoms with E-state index in [1.54, 1.807) is 11.1 Å². The van der Waals surface area contributed by atoms with Crippen LogP contribution in [-0.4, -0.2) is 6.54 Å². The SMILES string of the molecule is Cc1cc(C)c2c(c1)C(C1CC1)NCC2C. The van der Waals surface area contributed by atoms with Gasteiger partial charge in [-0.1, -0.05) is 24.6 Å². The van der Waals surface area contributed by atoms with Crippen molar-refractivity contribution >= 4 is 0 Å². The fourth-order valence-electron chi connectivity index (χ4n) is 3.31. The van der Waals surface area contributed by atoms with Crippen molar-refractivity contribution < 1.29 is 0 Å². The van der Waals surface area contributed by atoms with Crippen LogP contribution in [-0.2, 0) is 0 Å². The molecule has 1 fully saturated rings. The average Bonchev–Trinajstić information content (AvgIpc) is 3.00. The molecule has 1 aromatic rings. The van der Waals surface area contributed by atoms with Gasteiger partial charge in [-0.05, 0) is 55.2 Å². The van der Waals surface area contributed by atoms with Crippen LogP contribution in [0.1, 0.15) is 54.0 Å². The van der Waals surface area contributed by atoms with Crippen molar-refractivity contribution in [1.82, 2.24) is 5.32 Å². The first kappa shape index (κ1) is 10.3. The first-order valence-corrected chi connectivity index (χ1v) is 6.51. The molecule has 86 valence electrons. The Morgan fingerprint density at radius 1 is 1.19 bits per heavy atom. The summed E-state index contributed by atoms with van der Waals surface area (Å²) in [5.74, 6) is 1.58. The Morgan fingerprint density at radius 2 is 1.94 bits per heavy atom. The van der Waals surface area contributed by atoms with Gasteiger partial charge in [-0.25, -0.2) is 0 Å². The fraction of sp³-hybridized carbons (Fsp3) is 0.600. The minimum Gasteiger partial charge on any atom is -0.309 e. The summed E-state index contributed by atoms with van der Waals surface area (Å²) in [6.45, 7) is 7.99. The number of rotatable bonds is 1. The molecule has 1 N–H and O–H groups in total. The molecule has 0 amide bonds. The summed E-state index contributed by atoms with van der Waals surface area (Å²) in [5.41, 5.74) is 6.13. The Labute approximate surface area is 98.3 Å². The molecule has 2 unspecified atom stereocenters. The number of fused-ring (bicyclic) bond motifs is 1. The normalized spacial score (nSPS) is 28.9. The van der Waals surface area contributed by atoms with Crippen LogP contribution in [0.25, 0.3) is 0 Å². The zero-order chi connectivity index (χ0) is 11.3. The maximum absolute atomic E-state index is 3.74. The van der Waals surface area contributed by atoms with Crippen molar-refractivity contribution in [3.63, 3.8) is 0 Å². The summed E-state index contributed by atoms with van der Waals surface area (Å²) in [4.78, 5) is 0. The van der Waals surface area contributed by atoms with E-state index in [1.165, 1.54) is 24.0 Å². The smallest absolute Gasteiger partial charge is 0.0351 e. The van der Waals surface area contributed by atoms with Gasteiger partial charge in [-0.15, -0.1) is 0 Å². The van der Waals surface area contributed by atoms with E-state index < -0.39 is 0 Å². The summed E-state index contributed by atoms with van der Waals surface area (Å²) >= 11 is 0. The van der Waals surface area contributed by atoms with Crippen LogP contribution in [0.3, 0.4) is 0 Å². The van der Waals surface area contributed by atoms with Crippen LogP contribution < -0.4 is 5.32 Å². The van der Waals surface area contributed by atoms with Gasteiger partial charge in [0.25, 0.3) is 0 Å². The lowest BCUT2D eigenvalue weighted by molar-refractivity contribution is 0.428. The number of nitrogens with one attached hydrogen (secondary N) is 1. The van der Waals surface area contributed by atoms with Crippen LogP contribution in [0, 0.1) is 19.8 Å². The third-order valence-corrected chi connectivity index (χ3v) is 4.13. The molecule has 2 atom stereocenters.